The molecule has 2 aromatic heterocycles. The zero-order chi connectivity index (χ0) is 19.1. The number of benzene rings is 2. The Labute approximate surface area is 162 Å². The van der Waals surface area contributed by atoms with Crippen LogP contribution in [0.2, 0.25) is 0 Å². The largest absolute Gasteiger partial charge is 0.486 e. The maximum absolute atomic E-state index is 9.15. The first-order chi connectivity index (χ1) is 13.7. The van der Waals surface area contributed by atoms with Crippen molar-refractivity contribution >= 4 is 10.9 Å². The molecule has 6 heteroatoms. The highest BCUT2D eigenvalue weighted by molar-refractivity contribution is 5.81. The minimum absolute atomic E-state index is 0.000152. The molecule has 138 valence electrons. The molecule has 1 aliphatic carbocycles. The van der Waals surface area contributed by atoms with Crippen LogP contribution < -0.4 is 4.74 Å². The average molecular weight is 369 g/mol. The summed E-state index contributed by atoms with van der Waals surface area (Å²) in [5.74, 6) is 1.59. The van der Waals surface area contributed by atoms with Gasteiger partial charge in [-0.15, -0.1) is 0 Å². The molecule has 28 heavy (non-hydrogen) atoms. The Balaban J connectivity index is 1.49. The van der Waals surface area contributed by atoms with Crippen molar-refractivity contribution in [2.75, 3.05) is 0 Å². The van der Waals surface area contributed by atoms with E-state index in [9.17, 15) is 0 Å². The van der Waals surface area contributed by atoms with E-state index in [2.05, 4.69) is 16.2 Å². The van der Waals surface area contributed by atoms with Crippen LogP contribution in [0.15, 0.2) is 55.1 Å². The van der Waals surface area contributed by atoms with E-state index in [1.54, 1.807) is 6.33 Å². The Kier molecular flexibility index (Phi) is 3.87. The normalized spacial score (nSPS) is 15.9. The van der Waals surface area contributed by atoms with Crippen molar-refractivity contribution in [2.24, 2.45) is 7.05 Å². The van der Waals surface area contributed by atoms with Crippen LogP contribution in [0, 0.1) is 11.3 Å². The number of hydrogen-bond donors (Lipinski definition) is 0. The van der Waals surface area contributed by atoms with Crippen LogP contribution in [0.1, 0.15) is 35.6 Å². The molecule has 1 unspecified atom stereocenters. The first kappa shape index (κ1) is 16.6. The summed E-state index contributed by atoms with van der Waals surface area (Å²) in [5, 5.41) is 14.7. The van der Waals surface area contributed by atoms with E-state index in [0.717, 1.165) is 41.7 Å². The number of nitriles is 1. The van der Waals surface area contributed by atoms with Gasteiger partial charge >= 0.3 is 0 Å². The van der Waals surface area contributed by atoms with Crippen molar-refractivity contribution < 1.29 is 4.74 Å². The standard InChI is InChI=1S/C22H19N5O/c1-26-13-22(24-14-26)27-20-10-18(7-6-17(20)12-25-27)28-21-4-2-3-16-9-15(11-23)5-8-19(16)21/h5-10,12-14,21H,2-4H2,1H3. The van der Waals surface area contributed by atoms with Gasteiger partial charge in [-0.25, -0.2) is 9.67 Å². The second-order valence-corrected chi connectivity index (χ2v) is 7.20. The lowest BCUT2D eigenvalue weighted by atomic mass is 9.88. The summed E-state index contributed by atoms with van der Waals surface area (Å²) in [6.45, 7) is 0. The molecule has 0 fully saturated rings. The molecule has 1 atom stereocenters. The molecule has 2 heterocycles. The lowest BCUT2D eigenvalue weighted by Crippen LogP contribution is -2.15. The summed E-state index contributed by atoms with van der Waals surface area (Å²) in [7, 11) is 1.94. The Bertz CT molecular complexity index is 1210. The molecule has 0 saturated heterocycles. The zero-order valence-corrected chi connectivity index (χ0v) is 15.5. The van der Waals surface area contributed by atoms with Crippen LogP contribution in [-0.4, -0.2) is 19.3 Å². The Morgan fingerprint density at radius 1 is 1.21 bits per heavy atom. The maximum Gasteiger partial charge on any atom is 0.171 e. The third kappa shape index (κ3) is 2.81. The van der Waals surface area contributed by atoms with Crippen LogP contribution >= 0.6 is 0 Å². The first-order valence-electron chi connectivity index (χ1n) is 9.37. The average Bonchev–Trinajstić information content (AvgIpc) is 3.33. The smallest absolute Gasteiger partial charge is 0.171 e. The molecule has 5 rings (SSSR count). The molecular formula is C22H19N5O. The van der Waals surface area contributed by atoms with E-state index < -0.39 is 0 Å². The summed E-state index contributed by atoms with van der Waals surface area (Å²) in [4.78, 5) is 4.40. The van der Waals surface area contributed by atoms with Gasteiger partial charge in [-0.2, -0.15) is 10.4 Å². The third-order valence-corrected chi connectivity index (χ3v) is 5.26. The minimum atomic E-state index is 0.000152. The van der Waals surface area contributed by atoms with Crippen LogP contribution in [0.4, 0.5) is 0 Å². The lowest BCUT2D eigenvalue weighted by Gasteiger charge is -2.26. The SMILES string of the molecule is Cn1cnc(-n2ncc3ccc(OC4CCCc5cc(C#N)ccc54)cc32)c1. The molecule has 0 amide bonds. The van der Waals surface area contributed by atoms with Gasteiger partial charge in [0.15, 0.2) is 5.82 Å². The number of hydrogen-bond acceptors (Lipinski definition) is 4. The van der Waals surface area contributed by atoms with Crippen LogP contribution in [0.25, 0.3) is 16.7 Å². The highest BCUT2D eigenvalue weighted by Gasteiger charge is 2.22. The second kappa shape index (κ2) is 6.54. The molecule has 0 spiro atoms. The van der Waals surface area contributed by atoms with Crippen molar-refractivity contribution in [1.29, 1.82) is 5.26 Å². The number of aromatic nitrogens is 4. The van der Waals surface area contributed by atoms with Gasteiger partial charge in [-0.1, -0.05) is 6.07 Å². The van der Waals surface area contributed by atoms with Gasteiger partial charge in [-0.05, 0) is 54.7 Å². The lowest BCUT2D eigenvalue weighted by molar-refractivity contribution is 0.183. The maximum atomic E-state index is 9.15. The van der Waals surface area contributed by atoms with Gasteiger partial charge in [0.2, 0.25) is 0 Å². The van der Waals surface area contributed by atoms with Crippen LogP contribution in [0.3, 0.4) is 0 Å². The predicted octanol–water partition coefficient (Wildman–Crippen LogP) is 4.09. The third-order valence-electron chi connectivity index (χ3n) is 5.26. The van der Waals surface area contributed by atoms with Gasteiger partial charge in [0, 0.05) is 24.7 Å². The molecular weight excluding hydrogens is 350 g/mol. The van der Waals surface area contributed by atoms with Gasteiger partial charge in [0.25, 0.3) is 0 Å². The molecule has 2 aromatic carbocycles. The van der Waals surface area contributed by atoms with Crippen molar-refractivity contribution in [3.8, 4) is 17.6 Å². The van der Waals surface area contributed by atoms with E-state index in [4.69, 9.17) is 10.00 Å². The number of fused-ring (bicyclic) bond motifs is 2. The number of nitrogens with zero attached hydrogens (tertiary/aromatic N) is 5. The van der Waals surface area contributed by atoms with Gasteiger partial charge in [0.1, 0.15) is 11.9 Å². The van der Waals surface area contributed by atoms with Gasteiger partial charge in [-0.3, -0.25) is 0 Å². The Hall–Kier alpha value is -3.59. The quantitative estimate of drug-likeness (QED) is 0.545. The molecule has 1 aliphatic rings. The highest BCUT2D eigenvalue weighted by atomic mass is 16.5. The molecule has 0 bridgehead atoms. The number of imidazole rings is 1. The first-order valence-corrected chi connectivity index (χ1v) is 9.37. The van der Waals surface area contributed by atoms with Crippen LogP contribution in [0.5, 0.6) is 5.75 Å². The molecule has 0 N–H and O–H groups in total. The number of ether oxygens (including phenoxy) is 1. The highest BCUT2D eigenvalue weighted by Crippen LogP contribution is 2.35. The number of aryl methyl sites for hydroxylation is 2. The van der Waals surface area contributed by atoms with E-state index in [0.29, 0.717) is 5.56 Å². The molecule has 4 aromatic rings. The van der Waals surface area contributed by atoms with Crippen molar-refractivity contribution in [3.05, 3.63) is 71.8 Å². The van der Waals surface area contributed by atoms with E-state index in [1.165, 1.54) is 11.1 Å². The van der Waals surface area contributed by atoms with E-state index >= 15 is 0 Å². The van der Waals surface area contributed by atoms with Crippen molar-refractivity contribution in [3.63, 3.8) is 0 Å². The summed E-state index contributed by atoms with van der Waals surface area (Å²) in [5.41, 5.74) is 4.07. The fraction of sp³-hybridized carbons (Fsp3) is 0.227. The van der Waals surface area contributed by atoms with Gasteiger partial charge < -0.3 is 9.30 Å². The molecule has 6 nitrogen and oxygen atoms in total. The van der Waals surface area contributed by atoms with E-state index in [-0.39, 0.29) is 6.10 Å². The summed E-state index contributed by atoms with van der Waals surface area (Å²) in [6, 6.07) is 14.2. The fourth-order valence-electron chi connectivity index (χ4n) is 3.89. The molecule has 0 radical (unpaired) electrons. The van der Waals surface area contributed by atoms with E-state index in [1.807, 2.05) is 65.1 Å². The zero-order valence-electron chi connectivity index (χ0n) is 15.5. The Morgan fingerprint density at radius 3 is 2.96 bits per heavy atom. The summed E-state index contributed by atoms with van der Waals surface area (Å²) >= 11 is 0. The van der Waals surface area contributed by atoms with Gasteiger partial charge in [0.05, 0.1) is 29.7 Å². The number of rotatable bonds is 3. The van der Waals surface area contributed by atoms with Crippen molar-refractivity contribution in [1.82, 2.24) is 19.3 Å². The summed E-state index contributed by atoms with van der Waals surface area (Å²) < 4.78 is 10.1. The topological polar surface area (TPSA) is 68.7 Å². The second-order valence-electron chi connectivity index (χ2n) is 7.20. The summed E-state index contributed by atoms with van der Waals surface area (Å²) in [6.07, 6.45) is 8.56. The minimum Gasteiger partial charge on any atom is -0.486 e. The Morgan fingerprint density at radius 2 is 2.14 bits per heavy atom. The molecule has 0 aliphatic heterocycles. The predicted molar refractivity (Wildman–Crippen MR) is 105 cm³/mol. The molecule has 0 saturated carbocycles. The van der Waals surface area contributed by atoms with Crippen LogP contribution in [-0.2, 0) is 13.5 Å². The monoisotopic (exact) mass is 369 g/mol. The fourth-order valence-corrected chi connectivity index (χ4v) is 3.89. The van der Waals surface area contributed by atoms with Crippen molar-refractivity contribution in [2.45, 2.75) is 25.4 Å².